The van der Waals surface area contributed by atoms with E-state index in [1.807, 2.05) is 58.0 Å². The molecule has 14 heteroatoms. The van der Waals surface area contributed by atoms with Crippen LogP contribution < -0.4 is 15.4 Å². The summed E-state index contributed by atoms with van der Waals surface area (Å²) in [7, 11) is -4.00. The molecule has 1 unspecified atom stereocenters. The number of aromatic nitrogens is 4. The fourth-order valence-corrected chi connectivity index (χ4v) is 4.80. The minimum atomic E-state index is -4.00. The molecule has 4 N–H and O–H groups in total. The van der Waals surface area contributed by atoms with Crippen LogP contribution in [0.25, 0.3) is 10.9 Å². The second kappa shape index (κ2) is 17.7. The standard InChI is InChI=1S/C29H44N7O6P/c1-5-8-17-41-43(38,39)42-18-15-36(7-3)14-9-16-40-24-11-12-25-26(20-24)30-21-31-29(25)33-27-19-23(34-35-27)10-13-28(37)32-22(4)6-2/h6,11-12,19-21H,5,7-10,13-18H2,1-4H3,(H,32,37)(H,38,39)(H2,30,31,33,34,35)/b22-6+. The highest BCUT2D eigenvalue weighted by molar-refractivity contribution is 7.47. The molecule has 0 saturated carbocycles. The molecule has 2 heterocycles. The van der Waals surface area contributed by atoms with Gasteiger partial charge in [-0.2, -0.15) is 5.10 Å². The van der Waals surface area contributed by atoms with Crippen molar-refractivity contribution in [2.24, 2.45) is 0 Å². The van der Waals surface area contributed by atoms with Gasteiger partial charge in [-0.15, -0.1) is 0 Å². The van der Waals surface area contributed by atoms with E-state index in [2.05, 4.69) is 35.7 Å². The van der Waals surface area contributed by atoms with Gasteiger partial charge in [-0.25, -0.2) is 14.5 Å². The normalized spacial score (nSPS) is 13.3. The van der Waals surface area contributed by atoms with Gasteiger partial charge in [0.25, 0.3) is 0 Å². The molecule has 0 aliphatic carbocycles. The van der Waals surface area contributed by atoms with Gasteiger partial charge in [-0.05, 0) is 51.8 Å². The zero-order chi connectivity index (χ0) is 31.1. The van der Waals surface area contributed by atoms with E-state index in [4.69, 9.17) is 13.8 Å². The van der Waals surface area contributed by atoms with Gasteiger partial charge in [0.15, 0.2) is 5.82 Å². The number of nitrogens with one attached hydrogen (secondary N) is 3. The Kier molecular flexibility index (Phi) is 14.0. The number of rotatable bonds is 20. The number of phosphoric acid groups is 1. The predicted octanol–water partition coefficient (Wildman–Crippen LogP) is 5.09. The number of phosphoric ester groups is 1. The van der Waals surface area contributed by atoms with Crippen LogP contribution >= 0.6 is 7.82 Å². The number of anilines is 2. The first kappa shape index (κ1) is 34.1. The quantitative estimate of drug-likeness (QED) is 0.0986. The van der Waals surface area contributed by atoms with Crippen molar-refractivity contribution in [3.8, 4) is 5.75 Å². The smallest absolute Gasteiger partial charge is 0.472 e. The lowest BCUT2D eigenvalue weighted by Gasteiger charge is -2.21. The minimum Gasteiger partial charge on any atom is -0.493 e. The number of aryl methyl sites for hydroxylation is 1. The van der Waals surface area contributed by atoms with Crippen molar-refractivity contribution >= 4 is 36.3 Å². The third-order valence-corrected chi connectivity index (χ3v) is 7.64. The number of H-pyrrole nitrogens is 1. The van der Waals surface area contributed by atoms with E-state index in [1.165, 1.54) is 6.33 Å². The molecule has 0 fully saturated rings. The van der Waals surface area contributed by atoms with Gasteiger partial charge in [-0.3, -0.25) is 18.9 Å². The summed E-state index contributed by atoms with van der Waals surface area (Å²) in [6.45, 7) is 10.6. The first-order chi connectivity index (χ1) is 20.7. The maximum atomic E-state index is 12.0. The van der Waals surface area contributed by atoms with Crippen LogP contribution in [-0.2, 0) is 24.8 Å². The Balaban J connectivity index is 1.45. The second-order valence-electron chi connectivity index (χ2n) is 9.95. The summed E-state index contributed by atoms with van der Waals surface area (Å²) in [5, 5.41) is 14.1. The molecule has 0 spiro atoms. The fraction of sp³-hybridized carbons (Fsp3) is 0.517. The van der Waals surface area contributed by atoms with E-state index >= 15 is 0 Å². The lowest BCUT2D eigenvalue weighted by Crippen LogP contribution is -2.29. The third kappa shape index (κ3) is 12.0. The molecule has 13 nitrogen and oxygen atoms in total. The molecule has 43 heavy (non-hydrogen) atoms. The number of hydrogen-bond acceptors (Lipinski definition) is 10. The monoisotopic (exact) mass is 617 g/mol. The molecule has 236 valence electrons. The number of benzene rings is 1. The summed E-state index contributed by atoms with van der Waals surface area (Å²) in [4.78, 5) is 32.7. The van der Waals surface area contributed by atoms with Crippen LogP contribution in [0.3, 0.4) is 0 Å². The molecule has 2 aromatic heterocycles. The molecule has 0 aliphatic heterocycles. The first-order valence-electron chi connectivity index (χ1n) is 14.7. The lowest BCUT2D eigenvalue weighted by atomic mass is 10.2. The number of allylic oxidation sites excluding steroid dienone is 2. The van der Waals surface area contributed by atoms with Gasteiger partial charge in [0.05, 0.1) is 25.3 Å². The van der Waals surface area contributed by atoms with Gasteiger partial charge >= 0.3 is 7.82 Å². The number of carbonyl (C=O) groups excluding carboxylic acids is 1. The Morgan fingerprint density at radius 3 is 2.70 bits per heavy atom. The third-order valence-electron chi connectivity index (χ3n) is 6.63. The highest BCUT2D eigenvalue weighted by Crippen LogP contribution is 2.43. The molecule has 1 amide bonds. The van der Waals surface area contributed by atoms with E-state index in [0.29, 0.717) is 49.8 Å². The average Bonchev–Trinajstić information content (AvgIpc) is 3.44. The number of likely N-dealkylation sites (N-methyl/N-ethyl adjacent to an activating group) is 1. The van der Waals surface area contributed by atoms with Crippen molar-refractivity contribution < 1.29 is 28.0 Å². The van der Waals surface area contributed by atoms with Crippen LogP contribution in [0.1, 0.15) is 59.1 Å². The number of carbonyl (C=O) groups is 1. The number of fused-ring (bicyclic) bond motifs is 1. The molecular formula is C29H44N7O6P. The molecule has 0 bridgehead atoms. The Labute approximate surface area is 253 Å². The number of hydrogen-bond donors (Lipinski definition) is 4. The highest BCUT2D eigenvalue weighted by Gasteiger charge is 2.20. The molecule has 0 radical (unpaired) electrons. The maximum Gasteiger partial charge on any atom is 0.472 e. The van der Waals surface area contributed by atoms with E-state index in [-0.39, 0.29) is 19.1 Å². The van der Waals surface area contributed by atoms with Crippen molar-refractivity contribution in [2.45, 2.75) is 59.8 Å². The van der Waals surface area contributed by atoms with Crippen LogP contribution in [0.5, 0.6) is 5.75 Å². The van der Waals surface area contributed by atoms with Crippen LogP contribution in [0.2, 0.25) is 0 Å². The average molecular weight is 618 g/mol. The summed E-state index contributed by atoms with van der Waals surface area (Å²) >= 11 is 0. The highest BCUT2D eigenvalue weighted by atomic mass is 31.2. The summed E-state index contributed by atoms with van der Waals surface area (Å²) in [6, 6.07) is 7.50. The van der Waals surface area contributed by atoms with Crippen molar-refractivity contribution in [1.29, 1.82) is 0 Å². The number of nitrogens with zero attached hydrogens (tertiary/aromatic N) is 4. The summed E-state index contributed by atoms with van der Waals surface area (Å²) in [5.74, 6) is 1.86. The van der Waals surface area contributed by atoms with Crippen molar-refractivity contribution in [1.82, 2.24) is 30.4 Å². The van der Waals surface area contributed by atoms with Crippen LogP contribution in [0.4, 0.5) is 11.6 Å². The Morgan fingerprint density at radius 1 is 1.12 bits per heavy atom. The minimum absolute atomic E-state index is 0.0454. The zero-order valence-electron chi connectivity index (χ0n) is 25.5. The van der Waals surface area contributed by atoms with Gasteiger partial charge in [0, 0.05) is 48.4 Å². The number of ether oxygens (including phenoxy) is 1. The Hall–Kier alpha value is -3.35. The van der Waals surface area contributed by atoms with Gasteiger partial charge in [0.1, 0.15) is 17.9 Å². The molecule has 0 aliphatic rings. The van der Waals surface area contributed by atoms with E-state index in [0.717, 1.165) is 48.2 Å². The molecule has 1 aromatic carbocycles. The Bertz CT molecular complexity index is 1380. The fourth-order valence-electron chi connectivity index (χ4n) is 4.06. The second-order valence-corrected chi connectivity index (χ2v) is 11.4. The molecule has 1 atom stereocenters. The summed E-state index contributed by atoms with van der Waals surface area (Å²) in [6.07, 6.45) is 6.57. The van der Waals surface area contributed by atoms with Crippen molar-refractivity contribution in [2.75, 3.05) is 44.8 Å². The van der Waals surface area contributed by atoms with E-state index in [1.54, 1.807) is 0 Å². The van der Waals surface area contributed by atoms with Gasteiger partial charge in [0.2, 0.25) is 5.91 Å². The molecule has 0 saturated heterocycles. The van der Waals surface area contributed by atoms with Crippen molar-refractivity contribution in [3.63, 3.8) is 0 Å². The Morgan fingerprint density at radius 2 is 1.93 bits per heavy atom. The molecule has 3 aromatic rings. The largest absolute Gasteiger partial charge is 0.493 e. The van der Waals surface area contributed by atoms with Crippen LogP contribution in [0, 0.1) is 0 Å². The van der Waals surface area contributed by atoms with E-state index in [9.17, 15) is 14.3 Å². The number of amides is 1. The number of aromatic amines is 1. The molecule has 3 rings (SSSR count). The summed E-state index contributed by atoms with van der Waals surface area (Å²) < 4.78 is 27.9. The van der Waals surface area contributed by atoms with Crippen molar-refractivity contribution in [3.05, 3.63) is 48.1 Å². The van der Waals surface area contributed by atoms with Crippen LogP contribution in [-0.4, -0.2) is 75.3 Å². The SMILES string of the molecule is C/C=C(\C)NC(=O)CCc1cc(Nc2ncnc3cc(OCCCN(CC)CCOP(=O)(O)OCCCC)ccc23)n[nH]1. The lowest BCUT2D eigenvalue weighted by molar-refractivity contribution is -0.120. The predicted molar refractivity (Wildman–Crippen MR) is 166 cm³/mol. The summed E-state index contributed by atoms with van der Waals surface area (Å²) in [5.41, 5.74) is 2.39. The van der Waals surface area contributed by atoms with Gasteiger partial charge in [-0.1, -0.05) is 26.3 Å². The number of unbranched alkanes of at least 4 members (excludes halogenated alkanes) is 1. The topological polar surface area (TPSA) is 164 Å². The first-order valence-corrected chi connectivity index (χ1v) is 16.2. The molecular weight excluding hydrogens is 573 g/mol. The zero-order valence-corrected chi connectivity index (χ0v) is 26.4. The van der Waals surface area contributed by atoms with E-state index < -0.39 is 7.82 Å². The van der Waals surface area contributed by atoms with Gasteiger partial charge < -0.3 is 25.2 Å². The van der Waals surface area contributed by atoms with Crippen LogP contribution in [0.15, 0.2) is 42.4 Å². The maximum absolute atomic E-state index is 12.0.